The lowest BCUT2D eigenvalue weighted by molar-refractivity contribution is 0.122. The number of benzene rings is 1. The lowest BCUT2D eigenvalue weighted by atomic mass is 10.3. The van der Waals surface area contributed by atoms with Gasteiger partial charge in [0.2, 0.25) is 5.95 Å². The number of ether oxygens (including phenoxy) is 1. The molecule has 0 unspecified atom stereocenters. The van der Waals surface area contributed by atoms with Crippen LogP contribution in [0.2, 0.25) is 0 Å². The Morgan fingerprint density at radius 3 is 2.83 bits per heavy atom. The van der Waals surface area contributed by atoms with E-state index in [2.05, 4.69) is 21.2 Å². The number of hydrogen-bond donors (Lipinski definition) is 0. The molecule has 8 heteroatoms. The van der Waals surface area contributed by atoms with Crippen molar-refractivity contribution in [3.63, 3.8) is 0 Å². The standard InChI is InChI=1S/C15H16FN5OS/c1-11(10-17)23-15-19-18-14(20-5-7-22-8-6-20)21(15)13-4-2-3-12(16)9-13/h2-4,9,11H,5-8H2,1H3/t11-/m0/s1. The minimum absolute atomic E-state index is 0.274. The van der Waals surface area contributed by atoms with E-state index in [0.29, 0.717) is 43.1 Å². The summed E-state index contributed by atoms with van der Waals surface area (Å²) < 4.78 is 20.8. The van der Waals surface area contributed by atoms with Gasteiger partial charge in [0.25, 0.3) is 0 Å². The van der Waals surface area contributed by atoms with Crippen LogP contribution in [0.4, 0.5) is 10.3 Å². The summed E-state index contributed by atoms with van der Waals surface area (Å²) in [6.07, 6.45) is 0. The van der Waals surface area contributed by atoms with Crippen molar-refractivity contribution in [3.8, 4) is 11.8 Å². The van der Waals surface area contributed by atoms with E-state index >= 15 is 0 Å². The Kier molecular flexibility index (Phi) is 4.79. The number of hydrogen-bond acceptors (Lipinski definition) is 6. The summed E-state index contributed by atoms with van der Waals surface area (Å²) in [5.74, 6) is 0.319. The molecular weight excluding hydrogens is 317 g/mol. The van der Waals surface area contributed by atoms with Gasteiger partial charge in [0.1, 0.15) is 5.82 Å². The Balaban J connectivity index is 2.04. The van der Waals surface area contributed by atoms with Crippen LogP contribution in [0.5, 0.6) is 0 Å². The monoisotopic (exact) mass is 333 g/mol. The van der Waals surface area contributed by atoms with E-state index in [-0.39, 0.29) is 11.1 Å². The van der Waals surface area contributed by atoms with Crippen molar-refractivity contribution in [2.24, 2.45) is 0 Å². The Hall–Kier alpha value is -2.11. The average molecular weight is 333 g/mol. The molecule has 2 heterocycles. The highest BCUT2D eigenvalue weighted by molar-refractivity contribution is 8.00. The smallest absolute Gasteiger partial charge is 0.232 e. The molecule has 3 rings (SSSR count). The van der Waals surface area contributed by atoms with Crippen LogP contribution in [-0.4, -0.2) is 46.3 Å². The topological polar surface area (TPSA) is 67.0 Å². The third-order valence-corrected chi connectivity index (χ3v) is 4.37. The summed E-state index contributed by atoms with van der Waals surface area (Å²) in [6.45, 7) is 4.43. The van der Waals surface area contributed by atoms with Gasteiger partial charge in [-0.3, -0.25) is 4.57 Å². The van der Waals surface area contributed by atoms with Crippen molar-refractivity contribution < 1.29 is 9.13 Å². The molecule has 0 spiro atoms. The second kappa shape index (κ2) is 6.98. The number of anilines is 1. The van der Waals surface area contributed by atoms with Gasteiger partial charge in [-0.1, -0.05) is 17.8 Å². The zero-order valence-electron chi connectivity index (χ0n) is 12.6. The molecule has 1 aliphatic heterocycles. The highest BCUT2D eigenvalue weighted by atomic mass is 32.2. The number of aromatic nitrogens is 3. The predicted octanol–water partition coefficient (Wildman–Crippen LogP) is 2.25. The van der Waals surface area contributed by atoms with Crippen LogP contribution >= 0.6 is 11.8 Å². The second-order valence-corrected chi connectivity index (χ2v) is 6.39. The Morgan fingerprint density at radius 1 is 1.35 bits per heavy atom. The van der Waals surface area contributed by atoms with Crippen LogP contribution in [0.25, 0.3) is 5.69 Å². The first-order chi connectivity index (χ1) is 11.2. The third-order valence-electron chi connectivity index (χ3n) is 3.44. The van der Waals surface area contributed by atoms with E-state index in [9.17, 15) is 4.39 Å². The minimum Gasteiger partial charge on any atom is -0.378 e. The van der Waals surface area contributed by atoms with Crippen LogP contribution in [0.15, 0.2) is 29.4 Å². The second-order valence-electron chi connectivity index (χ2n) is 5.09. The molecule has 0 bridgehead atoms. The van der Waals surface area contributed by atoms with Crippen molar-refractivity contribution >= 4 is 17.7 Å². The number of halogens is 1. The first kappa shape index (κ1) is 15.8. The van der Waals surface area contributed by atoms with Crippen LogP contribution in [-0.2, 0) is 4.74 Å². The fourth-order valence-electron chi connectivity index (χ4n) is 2.33. The van der Waals surface area contributed by atoms with Crippen LogP contribution in [0, 0.1) is 17.1 Å². The predicted molar refractivity (Wildman–Crippen MR) is 85.3 cm³/mol. The maximum Gasteiger partial charge on any atom is 0.232 e. The molecule has 1 atom stereocenters. The Bertz CT molecular complexity index is 723. The van der Waals surface area contributed by atoms with Crippen LogP contribution in [0.1, 0.15) is 6.92 Å². The summed E-state index contributed by atoms with van der Waals surface area (Å²) in [4.78, 5) is 2.06. The quantitative estimate of drug-likeness (QED) is 0.800. The van der Waals surface area contributed by atoms with E-state index in [1.54, 1.807) is 23.6 Å². The van der Waals surface area contributed by atoms with Gasteiger partial charge in [0.15, 0.2) is 5.16 Å². The first-order valence-electron chi connectivity index (χ1n) is 7.29. The summed E-state index contributed by atoms with van der Waals surface area (Å²) in [5, 5.41) is 17.8. The zero-order valence-corrected chi connectivity index (χ0v) is 13.5. The molecule has 120 valence electrons. The fraction of sp³-hybridized carbons (Fsp3) is 0.400. The van der Waals surface area contributed by atoms with Gasteiger partial charge in [0, 0.05) is 13.1 Å². The first-order valence-corrected chi connectivity index (χ1v) is 8.17. The van der Waals surface area contributed by atoms with Gasteiger partial charge in [-0.15, -0.1) is 10.2 Å². The number of morpholine rings is 1. The van der Waals surface area contributed by atoms with Crippen LogP contribution in [0.3, 0.4) is 0 Å². The summed E-state index contributed by atoms with van der Waals surface area (Å²) >= 11 is 1.30. The molecule has 23 heavy (non-hydrogen) atoms. The molecule has 0 radical (unpaired) electrons. The number of nitrogens with zero attached hydrogens (tertiary/aromatic N) is 5. The highest BCUT2D eigenvalue weighted by Crippen LogP contribution is 2.29. The van der Waals surface area contributed by atoms with Crippen LogP contribution < -0.4 is 4.90 Å². The molecule has 2 aromatic rings. The molecule has 6 nitrogen and oxygen atoms in total. The number of rotatable bonds is 4. The normalized spacial score (nSPS) is 16.1. The van der Waals surface area contributed by atoms with E-state index in [4.69, 9.17) is 10.00 Å². The van der Waals surface area contributed by atoms with Gasteiger partial charge in [-0.25, -0.2) is 4.39 Å². The molecule has 1 aliphatic rings. The van der Waals surface area contributed by atoms with Gasteiger partial charge < -0.3 is 9.64 Å². The molecule has 1 fully saturated rings. The third kappa shape index (κ3) is 3.46. The van der Waals surface area contributed by atoms with Gasteiger partial charge in [-0.05, 0) is 25.1 Å². The maximum atomic E-state index is 13.6. The van der Waals surface area contributed by atoms with Crippen molar-refractivity contribution in [3.05, 3.63) is 30.1 Å². The lowest BCUT2D eigenvalue weighted by Gasteiger charge is -2.28. The van der Waals surface area contributed by atoms with E-state index in [1.807, 2.05) is 0 Å². The molecule has 0 aliphatic carbocycles. The molecule has 1 saturated heterocycles. The summed E-state index contributed by atoms with van der Waals surface area (Å²) in [6, 6.07) is 8.45. The summed E-state index contributed by atoms with van der Waals surface area (Å²) in [5.41, 5.74) is 0.643. The molecule has 1 aromatic carbocycles. The van der Waals surface area contributed by atoms with Gasteiger partial charge in [-0.2, -0.15) is 5.26 Å². The largest absolute Gasteiger partial charge is 0.378 e. The fourth-order valence-corrected chi connectivity index (χ4v) is 3.08. The maximum absolute atomic E-state index is 13.6. The SMILES string of the molecule is C[C@@H](C#N)Sc1nnc(N2CCOCC2)n1-c1cccc(F)c1. The van der Waals surface area contributed by atoms with Crippen molar-refractivity contribution in [2.45, 2.75) is 17.3 Å². The number of nitriles is 1. The van der Waals surface area contributed by atoms with Crippen molar-refractivity contribution in [1.29, 1.82) is 5.26 Å². The highest BCUT2D eigenvalue weighted by Gasteiger charge is 2.23. The van der Waals surface area contributed by atoms with E-state index in [0.717, 1.165) is 0 Å². The average Bonchev–Trinajstić information content (AvgIpc) is 2.99. The van der Waals surface area contributed by atoms with E-state index in [1.165, 1.54) is 23.9 Å². The van der Waals surface area contributed by atoms with Gasteiger partial charge in [0.05, 0.1) is 30.2 Å². The van der Waals surface area contributed by atoms with Crippen molar-refractivity contribution in [1.82, 2.24) is 14.8 Å². The molecule has 0 N–H and O–H groups in total. The Morgan fingerprint density at radius 2 is 2.13 bits per heavy atom. The molecule has 1 aromatic heterocycles. The Labute approximate surface area is 137 Å². The summed E-state index contributed by atoms with van der Waals surface area (Å²) in [7, 11) is 0. The van der Waals surface area contributed by atoms with E-state index < -0.39 is 0 Å². The lowest BCUT2D eigenvalue weighted by Crippen LogP contribution is -2.37. The molecule has 0 saturated carbocycles. The molecule has 0 amide bonds. The van der Waals surface area contributed by atoms with Gasteiger partial charge >= 0.3 is 0 Å². The number of thioether (sulfide) groups is 1. The van der Waals surface area contributed by atoms with Crippen molar-refractivity contribution in [2.75, 3.05) is 31.2 Å². The molecular formula is C15H16FN5OS. The minimum atomic E-state index is -0.326. The zero-order chi connectivity index (χ0) is 16.2.